The minimum atomic E-state index is -3.46. The third-order valence-electron chi connectivity index (χ3n) is 3.31. The van der Waals surface area contributed by atoms with E-state index in [1.54, 1.807) is 20.8 Å². The van der Waals surface area contributed by atoms with Gasteiger partial charge in [-0.25, -0.2) is 9.18 Å². The molecule has 0 radical (unpaired) electrons. The van der Waals surface area contributed by atoms with Gasteiger partial charge in [-0.05, 0) is 46.5 Å². The first-order chi connectivity index (χ1) is 9.99. The maximum absolute atomic E-state index is 14.5. The molecule has 2 atom stereocenters. The zero-order valence-corrected chi connectivity index (χ0v) is 14.5. The summed E-state index contributed by atoms with van der Waals surface area (Å²) >= 11 is 0. The second-order valence-electron chi connectivity index (χ2n) is 6.62. The second kappa shape index (κ2) is 7.59. The highest BCUT2D eigenvalue weighted by Gasteiger charge is 2.36. The number of amides is 1. The van der Waals surface area contributed by atoms with Crippen LogP contribution in [0.3, 0.4) is 0 Å². The van der Waals surface area contributed by atoms with Crippen molar-refractivity contribution in [2.24, 2.45) is 5.92 Å². The number of halogens is 1. The molecule has 22 heavy (non-hydrogen) atoms. The Morgan fingerprint density at radius 3 is 2.55 bits per heavy atom. The van der Waals surface area contributed by atoms with Gasteiger partial charge in [0.2, 0.25) is 0 Å². The van der Waals surface area contributed by atoms with Crippen LogP contribution in [0.15, 0.2) is 0 Å². The van der Waals surface area contributed by atoms with Crippen LogP contribution in [0.5, 0.6) is 0 Å². The van der Waals surface area contributed by atoms with E-state index < -0.39 is 28.1 Å². The molecule has 1 aliphatic heterocycles. The molecule has 8 heteroatoms. The van der Waals surface area contributed by atoms with E-state index in [0.29, 0.717) is 32.2 Å². The molecule has 0 spiro atoms. The van der Waals surface area contributed by atoms with Crippen LogP contribution >= 0.6 is 0 Å². The van der Waals surface area contributed by atoms with Crippen molar-refractivity contribution in [1.82, 2.24) is 4.90 Å². The Labute approximate surface area is 132 Å². The van der Waals surface area contributed by atoms with E-state index in [9.17, 15) is 17.6 Å². The number of rotatable bonds is 5. The SMILES string of the molecule is CC(C)(C)OC(=O)N1CCCC(CCCOS(C)(=O)=O)C1F. The summed E-state index contributed by atoms with van der Waals surface area (Å²) in [6.45, 7) is 5.59. The van der Waals surface area contributed by atoms with Gasteiger partial charge in [0.05, 0.1) is 12.9 Å². The van der Waals surface area contributed by atoms with Crippen LogP contribution in [0.4, 0.5) is 9.18 Å². The van der Waals surface area contributed by atoms with Gasteiger partial charge >= 0.3 is 6.09 Å². The summed E-state index contributed by atoms with van der Waals surface area (Å²) in [6, 6.07) is 0. The van der Waals surface area contributed by atoms with Crippen molar-refractivity contribution >= 4 is 16.2 Å². The van der Waals surface area contributed by atoms with Gasteiger partial charge < -0.3 is 4.74 Å². The first kappa shape index (κ1) is 19.2. The van der Waals surface area contributed by atoms with Crippen molar-refractivity contribution < 1.29 is 26.5 Å². The highest BCUT2D eigenvalue weighted by Crippen LogP contribution is 2.29. The summed E-state index contributed by atoms with van der Waals surface area (Å²) in [4.78, 5) is 13.1. The molecule has 0 saturated carbocycles. The van der Waals surface area contributed by atoms with E-state index in [2.05, 4.69) is 4.18 Å². The number of carbonyl (C=O) groups excluding carboxylic acids is 1. The highest BCUT2D eigenvalue weighted by atomic mass is 32.2. The molecule has 0 aromatic heterocycles. The van der Waals surface area contributed by atoms with Gasteiger partial charge in [0.1, 0.15) is 5.60 Å². The quantitative estimate of drug-likeness (QED) is 0.437. The number of hydrogen-bond donors (Lipinski definition) is 0. The molecule has 0 N–H and O–H groups in total. The van der Waals surface area contributed by atoms with Crippen LogP contribution in [0, 0.1) is 5.92 Å². The van der Waals surface area contributed by atoms with Crippen LogP contribution in [0.2, 0.25) is 0 Å². The molecule has 1 heterocycles. The van der Waals surface area contributed by atoms with Crippen LogP contribution in [0.25, 0.3) is 0 Å². The molecular formula is C14H26FNO5S. The van der Waals surface area contributed by atoms with Crippen LogP contribution < -0.4 is 0 Å². The van der Waals surface area contributed by atoms with Gasteiger partial charge in [0.25, 0.3) is 10.1 Å². The summed E-state index contributed by atoms with van der Waals surface area (Å²) in [5.41, 5.74) is -0.660. The van der Waals surface area contributed by atoms with Gasteiger partial charge in [-0.2, -0.15) is 8.42 Å². The predicted molar refractivity (Wildman–Crippen MR) is 80.6 cm³/mol. The van der Waals surface area contributed by atoms with E-state index in [1.807, 2.05) is 0 Å². The summed E-state index contributed by atoms with van der Waals surface area (Å²) in [5.74, 6) is -0.315. The van der Waals surface area contributed by atoms with E-state index >= 15 is 0 Å². The van der Waals surface area contributed by atoms with Crippen LogP contribution in [-0.2, 0) is 19.0 Å². The zero-order chi connectivity index (χ0) is 17.0. The summed E-state index contributed by atoms with van der Waals surface area (Å²) in [7, 11) is -3.46. The molecule has 1 saturated heterocycles. The predicted octanol–water partition coefficient (Wildman–Crippen LogP) is 2.69. The molecule has 1 amide bonds. The Balaban J connectivity index is 2.48. The Morgan fingerprint density at radius 1 is 1.36 bits per heavy atom. The molecule has 0 bridgehead atoms. The van der Waals surface area contributed by atoms with Crippen molar-refractivity contribution in [3.63, 3.8) is 0 Å². The second-order valence-corrected chi connectivity index (χ2v) is 8.26. The van der Waals surface area contributed by atoms with Gasteiger partial charge in [-0.1, -0.05) is 0 Å². The smallest absolute Gasteiger partial charge is 0.412 e. The topological polar surface area (TPSA) is 72.9 Å². The number of ether oxygens (including phenoxy) is 1. The number of alkyl halides is 1. The average molecular weight is 339 g/mol. The van der Waals surface area contributed by atoms with Gasteiger partial charge in [0.15, 0.2) is 6.30 Å². The maximum Gasteiger partial charge on any atom is 0.412 e. The fourth-order valence-corrected chi connectivity index (χ4v) is 2.81. The number of likely N-dealkylation sites (tertiary alicyclic amines) is 1. The molecule has 1 aliphatic rings. The Bertz CT molecular complexity index is 474. The Hall–Kier alpha value is -0.890. The van der Waals surface area contributed by atoms with Crippen molar-refractivity contribution in [2.45, 2.75) is 58.4 Å². The summed E-state index contributed by atoms with van der Waals surface area (Å²) in [5, 5.41) is 0. The molecule has 0 aromatic rings. The summed E-state index contributed by atoms with van der Waals surface area (Å²) in [6.07, 6.45) is 1.21. The molecule has 130 valence electrons. The van der Waals surface area contributed by atoms with Crippen molar-refractivity contribution in [3.8, 4) is 0 Å². The molecule has 0 aromatic carbocycles. The van der Waals surface area contributed by atoms with Crippen LogP contribution in [-0.4, -0.2) is 50.7 Å². The number of carbonyl (C=O) groups is 1. The minimum absolute atomic E-state index is 0.0362. The molecular weight excluding hydrogens is 313 g/mol. The van der Waals surface area contributed by atoms with Gasteiger partial charge in [0, 0.05) is 12.5 Å². The van der Waals surface area contributed by atoms with Crippen molar-refractivity contribution in [1.29, 1.82) is 0 Å². The lowest BCUT2D eigenvalue weighted by Crippen LogP contribution is -2.48. The van der Waals surface area contributed by atoms with Crippen molar-refractivity contribution in [2.75, 3.05) is 19.4 Å². The normalized spacial score (nSPS) is 23.4. The van der Waals surface area contributed by atoms with E-state index in [1.165, 1.54) is 0 Å². The van der Waals surface area contributed by atoms with Gasteiger partial charge in [-0.15, -0.1) is 0 Å². The number of piperidine rings is 1. The standard InChI is InChI=1S/C14H26FNO5S/c1-14(2,3)21-13(17)16-9-5-7-11(12(16)15)8-6-10-20-22(4,18)19/h11-12H,5-10H2,1-4H3. The number of nitrogens with zero attached hydrogens (tertiary/aromatic N) is 1. The third kappa shape index (κ3) is 6.91. The lowest BCUT2D eigenvalue weighted by atomic mass is 9.92. The van der Waals surface area contributed by atoms with E-state index in [4.69, 9.17) is 4.74 Å². The molecule has 1 fully saturated rings. The minimum Gasteiger partial charge on any atom is -0.444 e. The Kier molecular flexibility index (Phi) is 6.61. The summed E-state index contributed by atoms with van der Waals surface area (Å²) < 4.78 is 46.0. The largest absolute Gasteiger partial charge is 0.444 e. The third-order valence-corrected chi connectivity index (χ3v) is 3.90. The first-order valence-corrected chi connectivity index (χ1v) is 9.29. The maximum atomic E-state index is 14.5. The van der Waals surface area contributed by atoms with E-state index in [-0.39, 0.29) is 12.5 Å². The number of hydrogen-bond acceptors (Lipinski definition) is 5. The van der Waals surface area contributed by atoms with E-state index in [0.717, 1.165) is 11.2 Å². The van der Waals surface area contributed by atoms with Gasteiger partial charge in [-0.3, -0.25) is 9.08 Å². The average Bonchev–Trinajstić information content (AvgIpc) is 2.32. The molecule has 1 rings (SSSR count). The monoisotopic (exact) mass is 339 g/mol. The molecule has 6 nitrogen and oxygen atoms in total. The van der Waals surface area contributed by atoms with Crippen molar-refractivity contribution in [3.05, 3.63) is 0 Å². The zero-order valence-electron chi connectivity index (χ0n) is 13.7. The lowest BCUT2D eigenvalue weighted by molar-refractivity contribution is -0.0361. The fourth-order valence-electron chi connectivity index (χ4n) is 2.39. The first-order valence-electron chi connectivity index (χ1n) is 7.48. The highest BCUT2D eigenvalue weighted by molar-refractivity contribution is 7.85. The molecule has 0 aliphatic carbocycles. The fraction of sp³-hybridized carbons (Fsp3) is 0.929. The van der Waals surface area contributed by atoms with Crippen LogP contribution in [0.1, 0.15) is 46.5 Å². The molecule has 2 unspecified atom stereocenters. The Morgan fingerprint density at radius 2 is 2.00 bits per heavy atom. The lowest BCUT2D eigenvalue weighted by Gasteiger charge is -2.37.